The van der Waals surface area contributed by atoms with E-state index in [1.165, 1.54) is 36.9 Å². The topological polar surface area (TPSA) is 110 Å². The number of methoxy groups -OCH3 is 3. The van der Waals surface area contributed by atoms with Crippen LogP contribution < -0.4 is 25.1 Å². The number of amides is 1. The molecular formula is C23H23N5O5. The van der Waals surface area contributed by atoms with E-state index in [0.29, 0.717) is 28.6 Å². The van der Waals surface area contributed by atoms with Crippen LogP contribution >= 0.6 is 0 Å². The van der Waals surface area contributed by atoms with Crippen molar-refractivity contribution in [2.75, 3.05) is 26.6 Å². The van der Waals surface area contributed by atoms with Gasteiger partial charge in [0.2, 0.25) is 5.75 Å². The molecule has 0 unspecified atom stereocenters. The van der Waals surface area contributed by atoms with Crippen LogP contribution in [0.5, 0.6) is 17.2 Å². The lowest BCUT2D eigenvalue weighted by Gasteiger charge is -2.14. The molecule has 4 rings (SSSR count). The summed E-state index contributed by atoms with van der Waals surface area (Å²) in [5, 5.41) is 7.23. The van der Waals surface area contributed by atoms with Crippen LogP contribution in [0.1, 0.15) is 16.1 Å². The average molecular weight is 449 g/mol. The summed E-state index contributed by atoms with van der Waals surface area (Å²) in [4.78, 5) is 30.4. The molecule has 0 saturated heterocycles. The largest absolute Gasteiger partial charge is 0.493 e. The zero-order valence-corrected chi connectivity index (χ0v) is 18.9. The minimum atomic E-state index is -0.541. The molecule has 0 spiro atoms. The standard InChI is InChI=1S/C23H23N5O5/c1-13-6-8-15(9-7-13)28-20-18(24-12-27(2)23(20)30)19(26-28)22(29)25-14-10-16(31-3)21(33-5)17(11-14)32-4/h6-12H,1-5H3,(H,25,29). The van der Waals surface area contributed by atoms with Gasteiger partial charge < -0.3 is 24.1 Å². The van der Waals surface area contributed by atoms with E-state index >= 15 is 0 Å². The van der Waals surface area contributed by atoms with Crippen molar-refractivity contribution >= 4 is 22.6 Å². The first-order valence-corrected chi connectivity index (χ1v) is 10.0. The molecule has 2 aromatic carbocycles. The average Bonchev–Trinajstić information content (AvgIpc) is 3.21. The highest BCUT2D eigenvalue weighted by Gasteiger charge is 2.23. The first kappa shape index (κ1) is 21.9. The molecular weight excluding hydrogens is 426 g/mol. The van der Waals surface area contributed by atoms with E-state index in [1.807, 2.05) is 31.2 Å². The summed E-state index contributed by atoms with van der Waals surface area (Å²) < 4.78 is 18.8. The van der Waals surface area contributed by atoms with Crippen molar-refractivity contribution in [3.8, 4) is 22.9 Å². The minimum Gasteiger partial charge on any atom is -0.493 e. The van der Waals surface area contributed by atoms with E-state index in [1.54, 1.807) is 19.2 Å². The maximum atomic E-state index is 13.2. The van der Waals surface area contributed by atoms with E-state index < -0.39 is 5.91 Å². The molecule has 0 fully saturated rings. The van der Waals surface area contributed by atoms with E-state index in [4.69, 9.17) is 14.2 Å². The number of anilines is 1. The quantitative estimate of drug-likeness (QED) is 0.482. The van der Waals surface area contributed by atoms with E-state index in [2.05, 4.69) is 15.4 Å². The Balaban J connectivity index is 1.82. The Morgan fingerprint density at radius 2 is 1.64 bits per heavy atom. The molecule has 170 valence electrons. The molecule has 10 heteroatoms. The number of ether oxygens (including phenoxy) is 3. The van der Waals surface area contributed by atoms with Crippen LogP contribution in [0.15, 0.2) is 47.5 Å². The van der Waals surface area contributed by atoms with Gasteiger partial charge >= 0.3 is 0 Å². The smallest absolute Gasteiger partial charge is 0.279 e. The number of carbonyl (C=O) groups is 1. The highest BCUT2D eigenvalue weighted by atomic mass is 16.5. The summed E-state index contributed by atoms with van der Waals surface area (Å²) in [6.45, 7) is 1.96. The summed E-state index contributed by atoms with van der Waals surface area (Å²) in [7, 11) is 6.06. The van der Waals surface area contributed by atoms with Gasteiger partial charge in [-0.15, -0.1) is 0 Å². The number of hydrogen-bond donors (Lipinski definition) is 1. The lowest BCUT2D eigenvalue weighted by Crippen LogP contribution is -2.19. The van der Waals surface area contributed by atoms with Gasteiger partial charge in [0.15, 0.2) is 22.7 Å². The molecule has 2 aromatic heterocycles. The zero-order chi connectivity index (χ0) is 23.7. The van der Waals surface area contributed by atoms with Gasteiger partial charge in [-0.05, 0) is 19.1 Å². The Morgan fingerprint density at radius 1 is 1.00 bits per heavy atom. The number of aromatic nitrogens is 4. The molecule has 1 amide bonds. The predicted octanol–water partition coefficient (Wildman–Crippen LogP) is 2.71. The van der Waals surface area contributed by atoms with Crippen LogP contribution in [0.4, 0.5) is 5.69 Å². The summed E-state index contributed by atoms with van der Waals surface area (Å²) >= 11 is 0. The number of nitrogens with one attached hydrogen (secondary N) is 1. The Labute approximate surface area is 189 Å². The van der Waals surface area contributed by atoms with Gasteiger partial charge in [0.1, 0.15) is 5.52 Å². The van der Waals surface area contributed by atoms with E-state index in [-0.39, 0.29) is 22.3 Å². The number of nitrogens with zero attached hydrogens (tertiary/aromatic N) is 4. The van der Waals surface area contributed by atoms with Gasteiger partial charge in [-0.25, -0.2) is 9.67 Å². The summed E-state index contributed by atoms with van der Waals surface area (Å²) in [5.41, 5.74) is 2.19. The first-order chi connectivity index (χ1) is 15.9. The molecule has 0 radical (unpaired) electrons. The summed E-state index contributed by atoms with van der Waals surface area (Å²) in [5.74, 6) is 0.626. The molecule has 1 N–H and O–H groups in total. The zero-order valence-electron chi connectivity index (χ0n) is 18.9. The van der Waals surface area contributed by atoms with Crippen molar-refractivity contribution in [3.05, 3.63) is 64.3 Å². The number of rotatable bonds is 6. The van der Waals surface area contributed by atoms with Crippen LogP contribution in [-0.2, 0) is 7.05 Å². The third-order valence-electron chi connectivity index (χ3n) is 5.16. The van der Waals surface area contributed by atoms with Crippen molar-refractivity contribution in [2.24, 2.45) is 7.05 Å². The molecule has 33 heavy (non-hydrogen) atoms. The van der Waals surface area contributed by atoms with Crippen molar-refractivity contribution in [3.63, 3.8) is 0 Å². The fourth-order valence-electron chi connectivity index (χ4n) is 3.46. The Bertz CT molecular complexity index is 1380. The van der Waals surface area contributed by atoms with Crippen molar-refractivity contribution in [2.45, 2.75) is 6.92 Å². The van der Waals surface area contributed by atoms with Crippen LogP contribution in [0.2, 0.25) is 0 Å². The highest BCUT2D eigenvalue weighted by Crippen LogP contribution is 2.40. The molecule has 0 aliphatic carbocycles. The van der Waals surface area contributed by atoms with Crippen LogP contribution in [-0.4, -0.2) is 46.6 Å². The second kappa shape index (κ2) is 8.65. The van der Waals surface area contributed by atoms with Crippen LogP contribution in [0.25, 0.3) is 16.7 Å². The fourth-order valence-corrected chi connectivity index (χ4v) is 3.46. The van der Waals surface area contributed by atoms with Crippen molar-refractivity contribution < 1.29 is 19.0 Å². The molecule has 0 atom stereocenters. The van der Waals surface area contributed by atoms with Gasteiger partial charge in [0, 0.05) is 24.9 Å². The Hall–Kier alpha value is -4.34. The van der Waals surface area contributed by atoms with Crippen molar-refractivity contribution in [1.82, 2.24) is 19.3 Å². The molecule has 0 aliphatic rings. The lowest BCUT2D eigenvalue weighted by atomic mass is 10.2. The number of hydrogen-bond acceptors (Lipinski definition) is 7. The molecule has 10 nitrogen and oxygen atoms in total. The van der Waals surface area contributed by atoms with Gasteiger partial charge in [0.25, 0.3) is 11.5 Å². The van der Waals surface area contributed by atoms with E-state index in [0.717, 1.165) is 5.56 Å². The highest BCUT2D eigenvalue weighted by molar-refractivity contribution is 6.10. The third-order valence-corrected chi connectivity index (χ3v) is 5.16. The lowest BCUT2D eigenvalue weighted by molar-refractivity contribution is 0.102. The molecule has 0 aliphatic heterocycles. The number of fused-ring (bicyclic) bond motifs is 1. The van der Waals surface area contributed by atoms with Crippen LogP contribution in [0, 0.1) is 6.92 Å². The number of benzene rings is 2. The minimum absolute atomic E-state index is 0.0111. The second-order valence-corrected chi connectivity index (χ2v) is 7.32. The molecule has 2 heterocycles. The van der Waals surface area contributed by atoms with Gasteiger partial charge in [0.05, 0.1) is 33.3 Å². The number of carbonyl (C=O) groups excluding carboxylic acids is 1. The first-order valence-electron chi connectivity index (χ1n) is 10.0. The monoisotopic (exact) mass is 449 g/mol. The van der Waals surface area contributed by atoms with Crippen LogP contribution in [0.3, 0.4) is 0 Å². The maximum Gasteiger partial charge on any atom is 0.279 e. The summed E-state index contributed by atoms with van der Waals surface area (Å²) in [6, 6.07) is 10.7. The fraction of sp³-hybridized carbons (Fsp3) is 0.217. The second-order valence-electron chi connectivity index (χ2n) is 7.32. The van der Waals surface area contributed by atoms with E-state index in [9.17, 15) is 9.59 Å². The summed E-state index contributed by atoms with van der Waals surface area (Å²) in [6.07, 6.45) is 1.36. The predicted molar refractivity (Wildman–Crippen MR) is 123 cm³/mol. The molecule has 4 aromatic rings. The Kier molecular flexibility index (Phi) is 5.74. The SMILES string of the molecule is COc1cc(NC(=O)c2nn(-c3ccc(C)cc3)c3c(=O)n(C)cnc23)cc(OC)c1OC. The van der Waals surface area contributed by atoms with Crippen molar-refractivity contribution in [1.29, 1.82) is 0 Å². The maximum absolute atomic E-state index is 13.2. The molecule has 0 saturated carbocycles. The normalized spacial score (nSPS) is 10.8. The Morgan fingerprint density at radius 3 is 2.21 bits per heavy atom. The molecule has 0 bridgehead atoms. The van der Waals surface area contributed by atoms with Gasteiger partial charge in [-0.3, -0.25) is 9.59 Å². The van der Waals surface area contributed by atoms with Gasteiger partial charge in [-0.1, -0.05) is 17.7 Å². The third kappa shape index (κ3) is 3.86. The van der Waals surface area contributed by atoms with Gasteiger partial charge in [-0.2, -0.15) is 5.10 Å². The number of aryl methyl sites for hydroxylation is 2.